The van der Waals surface area contributed by atoms with Crippen LogP contribution in [0.1, 0.15) is 18.1 Å². The lowest BCUT2D eigenvalue weighted by molar-refractivity contribution is 0.133. The molecule has 0 bridgehead atoms. The number of nitrogens with two attached hydrogens (primary N) is 1. The highest BCUT2D eigenvalue weighted by Crippen LogP contribution is 2.22. The second-order valence-electron chi connectivity index (χ2n) is 4.19. The van der Waals surface area contributed by atoms with E-state index in [1.807, 2.05) is 31.2 Å². The minimum Gasteiger partial charge on any atom is -0.393 e. The van der Waals surface area contributed by atoms with Gasteiger partial charge in [0.25, 0.3) is 0 Å². The molecule has 2 rings (SSSR count). The lowest BCUT2D eigenvalue weighted by atomic mass is 10.1. The summed E-state index contributed by atoms with van der Waals surface area (Å²) >= 11 is 5.86. The van der Waals surface area contributed by atoms with Gasteiger partial charge in [-0.15, -0.1) is 0 Å². The number of aromatic nitrogens is 2. The van der Waals surface area contributed by atoms with E-state index in [-0.39, 0.29) is 5.15 Å². The Bertz CT molecular complexity index is 577. The van der Waals surface area contributed by atoms with Crippen LogP contribution in [0.5, 0.6) is 0 Å². The second-order valence-corrected chi connectivity index (χ2v) is 4.54. The molecule has 0 saturated heterocycles. The normalized spacial score (nSPS) is 10.5. The van der Waals surface area contributed by atoms with E-state index < -0.39 is 0 Å². The molecule has 0 fully saturated rings. The van der Waals surface area contributed by atoms with Gasteiger partial charge in [-0.3, -0.25) is 0 Å². The monoisotopic (exact) mass is 292 g/mol. The lowest BCUT2D eigenvalue weighted by Crippen LogP contribution is -2.08. The smallest absolute Gasteiger partial charge is 0.157 e. The Morgan fingerprint density at radius 3 is 2.75 bits per heavy atom. The summed E-state index contributed by atoms with van der Waals surface area (Å²) in [5.74, 6) is 0.538. The number of ether oxygens (including phenoxy) is 1. The van der Waals surface area contributed by atoms with E-state index in [2.05, 4.69) is 15.3 Å². The zero-order chi connectivity index (χ0) is 14.4. The van der Waals surface area contributed by atoms with Crippen molar-refractivity contribution in [2.24, 2.45) is 0 Å². The van der Waals surface area contributed by atoms with Crippen LogP contribution in [0.3, 0.4) is 0 Å². The molecule has 0 spiro atoms. The molecule has 1 heterocycles. The summed E-state index contributed by atoms with van der Waals surface area (Å²) in [6.07, 6.45) is 1.38. The van der Waals surface area contributed by atoms with Crippen LogP contribution in [-0.4, -0.2) is 16.6 Å². The van der Waals surface area contributed by atoms with Gasteiger partial charge in [0, 0.05) is 13.2 Å². The number of halogens is 1. The molecule has 3 N–H and O–H groups in total. The Kier molecular flexibility index (Phi) is 5.15. The summed E-state index contributed by atoms with van der Waals surface area (Å²) in [5.41, 5.74) is 8.45. The standard InChI is InChI=1S/C14H17ClN4O/c1-2-20-8-11-6-4-3-5-10(11)7-17-14-12(16)13(15)18-9-19-14/h3-6,9H,2,7-8,16H2,1H3,(H,17,18,19). The van der Waals surface area contributed by atoms with Gasteiger partial charge < -0.3 is 15.8 Å². The maximum Gasteiger partial charge on any atom is 0.157 e. The van der Waals surface area contributed by atoms with Crippen molar-refractivity contribution in [1.82, 2.24) is 9.97 Å². The van der Waals surface area contributed by atoms with Crippen LogP contribution in [0.25, 0.3) is 0 Å². The highest BCUT2D eigenvalue weighted by atomic mass is 35.5. The van der Waals surface area contributed by atoms with E-state index in [9.17, 15) is 0 Å². The Labute approximate surface area is 123 Å². The number of hydrogen-bond donors (Lipinski definition) is 2. The van der Waals surface area contributed by atoms with Crippen LogP contribution in [0.2, 0.25) is 5.15 Å². The zero-order valence-electron chi connectivity index (χ0n) is 11.3. The van der Waals surface area contributed by atoms with Crippen molar-refractivity contribution >= 4 is 23.1 Å². The van der Waals surface area contributed by atoms with E-state index in [0.717, 1.165) is 11.1 Å². The predicted octanol–water partition coefficient (Wildman–Crippen LogP) is 2.86. The van der Waals surface area contributed by atoms with E-state index in [1.165, 1.54) is 6.33 Å². The summed E-state index contributed by atoms with van der Waals surface area (Å²) in [6, 6.07) is 8.07. The van der Waals surface area contributed by atoms with Crippen molar-refractivity contribution in [2.45, 2.75) is 20.1 Å². The van der Waals surface area contributed by atoms with E-state index >= 15 is 0 Å². The van der Waals surface area contributed by atoms with Gasteiger partial charge in [-0.05, 0) is 18.1 Å². The number of anilines is 2. The van der Waals surface area contributed by atoms with Gasteiger partial charge in [-0.25, -0.2) is 9.97 Å². The second kappa shape index (κ2) is 7.07. The fraction of sp³-hybridized carbons (Fsp3) is 0.286. The molecule has 0 unspecified atom stereocenters. The number of hydrogen-bond acceptors (Lipinski definition) is 5. The molecule has 2 aromatic rings. The van der Waals surface area contributed by atoms with Crippen LogP contribution >= 0.6 is 11.6 Å². The molecule has 0 saturated carbocycles. The van der Waals surface area contributed by atoms with Crippen LogP contribution < -0.4 is 11.1 Å². The zero-order valence-corrected chi connectivity index (χ0v) is 12.0. The third-order valence-corrected chi connectivity index (χ3v) is 3.16. The average molecular weight is 293 g/mol. The molecule has 0 aliphatic carbocycles. The maximum atomic E-state index is 5.86. The molecule has 0 aliphatic rings. The van der Waals surface area contributed by atoms with Crippen LogP contribution in [0, 0.1) is 0 Å². The van der Waals surface area contributed by atoms with Gasteiger partial charge in [-0.1, -0.05) is 35.9 Å². The molecular weight excluding hydrogens is 276 g/mol. The maximum absolute atomic E-state index is 5.86. The Morgan fingerprint density at radius 1 is 1.25 bits per heavy atom. The van der Waals surface area contributed by atoms with E-state index in [1.54, 1.807) is 0 Å². The van der Waals surface area contributed by atoms with E-state index in [4.69, 9.17) is 22.1 Å². The summed E-state index contributed by atoms with van der Waals surface area (Å²) < 4.78 is 5.46. The van der Waals surface area contributed by atoms with Crippen molar-refractivity contribution in [3.63, 3.8) is 0 Å². The van der Waals surface area contributed by atoms with Gasteiger partial charge in [0.05, 0.1) is 6.61 Å². The third-order valence-electron chi connectivity index (χ3n) is 2.86. The molecule has 0 amide bonds. The first-order valence-corrected chi connectivity index (χ1v) is 6.74. The van der Waals surface area contributed by atoms with Gasteiger partial charge in [-0.2, -0.15) is 0 Å². The predicted molar refractivity (Wildman–Crippen MR) is 80.6 cm³/mol. The fourth-order valence-electron chi connectivity index (χ4n) is 1.78. The van der Waals surface area contributed by atoms with E-state index in [0.29, 0.717) is 31.3 Å². The third kappa shape index (κ3) is 3.59. The quantitative estimate of drug-likeness (QED) is 0.801. The van der Waals surface area contributed by atoms with Crippen molar-refractivity contribution in [1.29, 1.82) is 0 Å². The minimum absolute atomic E-state index is 0.255. The molecule has 0 atom stereocenters. The van der Waals surface area contributed by atoms with Crippen molar-refractivity contribution in [3.8, 4) is 0 Å². The largest absolute Gasteiger partial charge is 0.393 e. The molecule has 1 aromatic carbocycles. The Morgan fingerprint density at radius 2 is 2.00 bits per heavy atom. The molecule has 0 radical (unpaired) electrons. The number of nitrogen functional groups attached to an aromatic ring is 1. The minimum atomic E-state index is 0.255. The number of rotatable bonds is 6. The molecular formula is C14H17ClN4O. The van der Waals surface area contributed by atoms with Crippen LogP contribution in [-0.2, 0) is 17.9 Å². The highest BCUT2D eigenvalue weighted by molar-refractivity contribution is 6.32. The molecule has 6 heteroatoms. The first-order chi connectivity index (χ1) is 9.72. The van der Waals surface area contributed by atoms with Gasteiger partial charge in [0.2, 0.25) is 0 Å². The Hall–Kier alpha value is -1.85. The van der Waals surface area contributed by atoms with Gasteiger partial charge in [0.15, 0.2) is 11.0 Å². The average Bonchev–Trinajstić information content (AvgIpc) is 2.47. The first-order valence-electron chi connectivity index (χ1n) is 6.36. The van der Waals surface area contributed by atoms with Crippen LogP contribution in [0.4, 0.5) is 11.5 Å². The SMILES string of the molecule is CCOCc1ccccc1CNc1ncnc(Cl)c1N. The summed E-state index contributed by atoms with van der Waals surface area (Å²) in [5, 5.41) is 3.43. The molecule has 5 nitrogen and oxygen atoms in total. The number of benzene rings is 1. The topological polar surface area (TPSA) is 73.1 Å². The molecule has 20 heavy (non-hydrogen) atoms. The van der Waals surface area contributed by atoms with Gasteiger partial charge >= 0.3 is 0 Å². The molecule has 1 aromatic heterocycles. The Balaban J connectivity index is 2.09. The molecule has 0 aliphatic heterocycles. The fourth-order valence-corrected chi connectivity index (χ4v) is 1.91. The van der Waals surface area contributed by atoms with Crippen LogP contribution in [0.15, 0.2) is 30.6 Å². The first kappa shape index (κ1) is 14.6. The summed E-state index contributed by atoms with van der Waals surface area (Å²) in [4.78, 5) is 7.90. The number of nitrogens with zero attached hydrogens (tertiary/aromatic N) is 2. The summed E-state index contributed by atoms with van der Waals surface area (Å²) in [7, 11) is 0. The number of nitrogens with one attached hydrogen (secondary N) is 1. The van der Waals surface area contributed by atoms with Crippen molar-refractivity contribution < 1.29 is 4.74 Å². The summed E-state index contributed by atoms with van der Waals surface area (Å²) in [6.45, 7) is 3.86. The molecule has 106 valence electrons. The lowest BCUT2D eigenvalue weighted by Gasteiger charge is -2.12. The van der Waals surface area contributed by atoms with Gasteiger partial charge in [0.1, 0.15) is 12.0 Å². The highest BCUT2D eigenvalue weighted by Gasteiger charge is 2.07. The van der Waals surface area contributed by atoms with Crippen molar-refractivity contribution in [2.75, 3.05) is 17.7 Å². The van der Waals surface area contributed by atoms with Crippen molar-refractivity contribution in [3.05, 3.63) is 46.9 Å².